The molecule has 1 unspecified atom stereocenters. The number of esters is 1. The van der Waals surface area contributed by atoms with Gasteiger partial charge in [0.1, 0.15) is 17.2 Å². The monoisotopic (exact) mass is 451 g/mol. The molecule has 1 atom stereocenters. The molecule has 0 aliphatic rings. The summed E-state index contributed by atoms with van der Waals surface area (Å²) in [6.45, 7) is 8.71. The maximum absolute atomic E-state index is 12.6. The van der Waals surface area contributed by atoms with Gasteiger partial charge in [0.05, 0.1) is 11.3 Å². The zero-order chi connectivity index (χ0) is 23.7. The average molecular weight is 451 g/mol. The van der Waals surface area contributed by atoms with Gasteiger partial charge < -0.3 is 14.2 Å². The van der Waals surface area contributed by atoms with E-state index in [4.69, 9.17) is 19.0 Å². The van der Waals surface area contributed by atoms with Crippen molar-refractivity contribution in [2.75, 3.05) is 6.79 Å². The number of ether oxygens (including phenoxy) is 3. The first-order valence-corrected chi connectivity index (χ1v) is 9.54. The quantitative estimate of drug-likeness (QED) is 0.163. The Balaban J connectivity index is 1.79. The normalized spacial score (nSPS) is 11.8. The third kappa shape index (κ3) is 8.35. The van der Waals surface area contributed by atoms with E-state index in [0.717, 1.165) is 17.7 Å². The molecule has 0 fully saturated rings. The number of halogens is 3. The van der Waals surface area contributed by atoms with Gasteiger partial charge in [-0.1, -0.05) is 12.2 Å². The zero-order valence-electron chi connectivity index (χ0n) is 17.9. The minimum atomic E-state index is -4.40. The van der Waals surface area contributed by atoms with E-state index in [-0.39, 0.29) is 12.5 Å². The van der Waals surface area contributed by atoms with Gasteiger partial charge in [-0.25, -0.2) is 9.63 Å². The molecular formula is C23H24F3NO5. The Bertz CT molecular complexity index is 934. The lowest BCUT2D eigenvalue weighted by atomic mass is 10.2. The molecule has 0 spiro atoms. The number of rotatable bonds is 10. The topological polar surface area (TPSA) is 66.0 Å². The van der Waals surface area contributed by atoms with Gasteiger partial charge >= 0.3 is 12.1 Å². The van der Waals surface area contributed by atoms with Crippen molar-refractivity contribution in [3.05, 3.63) is 78.0 Å². The second-order valence-electron chi connectivity index (χ2n) is 6.93. The van der Waals surface area contributed by atoms with Crippen molar-refractivity contribution in [3.63, 3.8) is 0 Å². The van der Waals surface area contributed by atoms with Gasteiger partial charge in [-0.2, -0.15) is 13.2 Å². The number of benzene rings is 2. The summed E-state index contributed by atoms with van der Waals surface area (Å²) in [6.07, 6.45) is -3.54. The molecule has 172 valence electrons. The fourth-order valence-electron chi connectivity index (χ4n) is 2.39. The van der Waals surface area contributed by atoms with Crippen molar-refractivity contribution in [1.29, 1.82) is 0 Å². The van der Waals surface area contributed by atoms with E-state index in [1.807, 2.05) is 13.8 Å². The molecule has 2 aromatic carbocycles. The number of carbonyl (C=O) groups excluding carboxylic acids is 1. The molecule has 0 aliphatic heterocycles. The molecule has 0 aliphatic carbocycles. The summed E-state index contributed by atoms with van der Waals surface area (Å²) < 4.78 is 53.8. The van der Waals surface area contributed by atoms with Gasteiger partial charge in [-0.3, -0.25) is 5.48 Å². The van der Waals surface area contributed by atoms with Crippen LogP contribution in [-0.2, 0) is 20.5 Å². The first-order valence-electron chi connectivity index (χ1n) is 9.54. The number of nitrogens with one attached hydrogen (secondary N) is 1. The van der Waals surface area contributed by atoms with E-state index in [0.29, 0.717) is 17.2 Å². The third-order valence-corrected chi connectivity index (χ3v) is 3.81. The number of allylic oxidation sites excluding steroid dienone is 2. The second kappa shape index (κ2) is 11.2. The number of carbonyl (C=O) groups is 1. The number of alkyl halides is 3. The molecule has 0 saturated heterocycles. The van der Waals surface area contributed by atoms with E-state index in [1.54, 1.807) is 30.3 Å². The van der Waals surface area contributed by atoms with Crippen LogP contribution in [0.1, 0.15) is 26.3 Å². The maximum Gasteiger partial charge on any atom is 0.416 e. The van der Waals surface area contributed by atoms with Crippen LogP contribution in [0.4, 0.5) is 13.2 Å². The Morgan fingerprint density at radius 3 is 2.09 bits per heavy atom. The number of hydrogen-bond donors (Lipinski definition) is 1. The molecule has 0 amide bonds. The van der Waals surface area contributed by atoms with Crippen LogP contribution >= 0.6 is 0 Å². The van der Waals surface area contributed by atoms with Gasteiger partial charge in [0.15, 0.2) is 6.10 Å². The smallest absolute Gasteiger partial charge is 0.416 e. The first-order chi connectivity index (χ1) is 15.0. The van der Waals surface area contributed by atoms with E-state index in [2.05, 4.69) is 12.1 Å². The minimum absolute atomic E-state index is 0.254. The summed E-state index contributed by atoms with van der Waals surface area (Å²) in [6, 6.07) is 10.6. The summed E-state index contributed by atoms with van der Waals surface area (Å²) in [7, 11) is 0. The predicted octanol–water partition coefficient (Wildman–Crippen LogP) is 5.77. The second-order valence-corrected chi connectivity index (χ2v) is 6.93. The minimum Gasteiger partial charge on any atom is -0.479 e. The number of hydrogen-bond acceptors (Lipinski definition) is 6. The highest BCUT2D eigenvalue weighted by molar-refractivity contribution is 5.74. The molecule has 0 radical (unpaired) electrons. The molecule has 0 saturated carbocycles. The van der Waals surface area contributed by atoms with Crippen molar-refractivity contribution >= 4 is 5.97 Å². The Kier molecular flexibility index (Phi) is 8.71. The maximum atomic E-state index is 12.6. The van der Waals surface area contributed by atoms with Crippen LogP contribution in [0.2, 0.25) is 0 Å². The van der Waals surface area contributed by atoms with Gasteiger partial charge in [-0.15, -0.1) is 0 Å². The molecule has 6 nitrogen and oxygen atoms in total. The van der Waals surface area contributed by atoms with Gasteiger partial charge in [-0.05, 0) is 75.4 Å². The largest absolute Gasteiger partial charge is 0.479 e. The van der Waals surface area contributed by atoms with Gasteiger partial charge in [0, 0.05) is 0 Å². The zero-order valence-corrected chi connectivity index (χ0v) is 17.9. The van der Waals surface area contributed by atoms with Crippen molar-refractivity contribution in [1.82, 2.24) is 5.48 Å². The lowest BCUT2D eigenvalue weighted by Gasteiger charge is -2.15. The Morgan fingerprint density at radius 2 is 1.56 bits per heavy atom. The third-order valence-electron chi connectivity index (χ3n) is 3.81. The highest BCUT2D eigenvalue weighted by Crippen LogP contribution is 2.31. The van der Waals surface area contributed by atoms with Crippen LogP contribution in [0.3, 0.4) is 0 Å². The summed E-state index contributed by atoms with van der Waals surface area (Å²) in [4.78, 5) is 17.0. The summed E-state index contributed by atoms with van der Waals surface area (Å²) in [5.41, 5.74) is 3.33. The Morgan fingerprint density at radius 1 is 1.03 bits per heavy atom. The first kappa shape index (κ1) is 24.8. The summed E-state index contributed by atoms with van der Waals surface area (Å²) >= 11 is 0. The molecule has 32 heavy (non-hydrogen) atoms. The predicted molar refractivity (Wildman–Crippen MR) is 112 cm³/mol. The van der Waals surface area contributed by atoms with E-state index in [1.165, 1.54) is 19.1 Å². The highest BCUT2D eigenvalue weighted by Gasteiger charge is 2.30. The van der Waals surface area contributed by atoms with Crippen LogP contribution in [-0.4, -0.2) is 18.9 Å². The van der Waals surface area contributed by atoms with E-state index in [9.17, 15) is 18.0 Å². The molecule has 2 aromatic rings. The SMILES string of the molecule is C=C(C=C(C)C)NOCOC(=O)C(C)Oc1ccc(Oc2ccc(C(F)(F)F)cc2)cc1. The lowest BCUT2D eigenvalue weighted by Crippen LogP contribution is -2.28. The standard InChI is InChI=1S/C23H24F3NO5/c1-15(2)13-16(3)27-30-14-29-22(28)17(4)31-19-9-11-21(12-10-19)32-20-7-5-18(6-8-20)23(24,25)26/h5-13,17,27H,3,14H2,1-2,4H3. The highest BCUT2D eigenvalue weighted by atomic mass is 19.4. The van der Waals surface area contributed by atoms with Crippen molar-refractivity contribution in [2.24, 2.45) is 0 Å². The van der Waals surface area contributed by atoms with E-state index >= 15 is 0 Å². The van der Waals surface area contributed by atoms with Crippen LogP contribution in [0.5, 0.6) is 17.2 Å². The molecule has 0 heterocycles. The summed E-state index contributed by atoms with van der Waals surface area (Å²) in [5, 5.41) is 0. The number of hydroxylamine groups is 1. The summed E-state index contributed by atoms with van der Waals surface area (Å²) in [5.74, 6) is 0.391. The Labute approximate surface area is 184 Å². The van der Waals surface area contributed by atoms with Crippen LogP contribution in [0.15, 0.2) is 72.5 Å². The Hall–Kier alpha value is -3.46. The van der Waals surface area contributed by atoms with Crippen LogP contribution in [0.25, 0.3) is 0 Å². The molecule has 0 bridgehead atoms. The van der Waals surface area contributed by atoms with Gasteiger partial charge in [0.2, 0.25) is 6.79 Å². The average Bonchev–Trinajstić information content (AvgIpc) is 2.71. The van der Waals surface area contributed by atoms with Crippen LogP contribution in [0, 0.1) is 0 Å². The van der Waals surface area contributed by atoms with Gasteiger partial charge in [0.25, 0.3) is 0 Å². The van der Waals surface area contributed by atoms with Crippen molar-refractivity contribution < 1.29 is 37.0 Å². The fraction of sp³-hybridized carbons (Fsp3) is 0.261. The molecular weight excluding hydrogens is 427 g/mol. The molecule has 9 heteroatoms. The van der Waals surface area contributed by atoms with Crippen molar-refractivity contribution in [2.45, 2.75) is 33.1 Å². The molecule has 1 N–H and O–H groups in total. The van der Waals surface area contributed by atoms with E-state index < -0.39 is 23.8 Å². The lowest BCUT2D eigenvalue weighted by molar-refractivity contribution is -0.168. The van der Waals surface area contributed by atoms with Crippen molar-refractivity contribution in [3.8, 4) is 17.2 Å². The molecule has 0 aromatic heterocycles. The fourth-order valence-corrected chi connectivity index (χ4v) is 2.39. The van der Waals surface area contributed by atoms with Crippen LogP contribution < -0.4 is 15.0 Å². The molecule has 2 rings (SSSR count).